The second-order valence-electron chi connectivity index (χ2n) is 16.3. The van der Waals surface area contributed by atoms with Crippen molar-refractivity contribution in [3.8, 4) is 11.1 Å². The van der Waals surface area contributed by atoms with Crippen molar-refractivity contribution in [2.45, 2.75) is 57.8 Å². The second-order valence-corrected chi connectivity index (χ2v) is 16.3. The number of fused-ring (bicyclic) bond motifs is 1. The van der Waals surface area contributed by atoms with E-state index in [9.17, 15) is 0 Å². The van der Waals surface area contributed by atoms with Gasteiger partial charge in [0.05, 0.1) is 17.1 Å². The quantitative estimate of drug-likeness (QED) is 0.186. The number of hydrogen-bond acceptors (Lipinski definition) is 2. The number of rotatable bonds is 4. The molecule has 0 bridgehead atoms. The maximum Gasteiger partial charge on any atom is 0.0545 e. The Morgan fingerprint density at radius 2 is 0.804 bits per heavy atom. The molecule has 3 aliphatic heterocycles. The predicted molar refractivity (Wildman–Crippen MR) is 215 cm³/mol. The SMILES string of the molecule is CC1(C)c2cccc3c2N2c4c1cc(-c1ccc5ccccc5c1)cc4C(C)(C)c1cc(N(c4ccccc4)c4ccccc4)cc(c12)C3(C)C. The van der Waals surface area contributed by atoms with Gasteiger partial charge in [0, 0.05) is 33.3 Å². The van der Waals surface area contributed by atoms with Gasteiger partial charge in [-0.25, -0.2) is 0 Å². The van der Waals surface area contributed by atoms with E-state index in [-0.39, 0.29) is 16.2 Å². The van der Waals surface area contributed by atoms with E-state index in [2.05, 4.69) is 197 Å². The van der Waals surface area contributed by atoms with Gasteiger partial charge in [0.25, 0.3) is 0 Å². The number of benzene rings is 7. The lowest BCUT2D eigenvalue weighted by Crippen LogP contribution is -2.43. The Bertz CT molecular complexity index is 2520. The van der Waals surface area contributed by atoms with Crippen molar-refractivity contribution in [2.75, 3.05) is 9.80 Å². The predicted octanol–water partition coefficient (Wildman–Crippen LogP) is 13.4. The maximum atomic E-state index is 2.67. The average Bonchev–Trinajstić information content (AvgIpc) is 3.14. The van der Waals surface area contributed by atoms with Gasteiger partial charge in [-0.3, -0.25) is 0 Å². The highest BCUT2D eigenvalue weighted by Gasteiger charge is 2.52. The fourth-order valence-electron chi connectivity index (χ4n) is 9.47. The summed E-state index contributed by atoms with van der Waals surface area (Å²) >= 11 is 0. The highest BCUT2D eigenvalue weighted by molar-refractivity contribution is 6.00. The van der Waals surface area contributed by atoms with E-state index in [0.29, 0.717) is 0 Å². The molecule has 0 saturated heterocycles. The summed E-state index contributed by atoms with van der Waals surface area (Å²) in [5.74, 6) is 0. The fraction of sp³-hybridized carbons (Fsp3) is 0.184. The van der Waals surface area contributed by atoms with Crippen LogP contribution in [-0.2, 0) is 16.2 Å². The molecule has 3 heterocycles. The summed E-state index contributed by atoms with van der Waals surface area (Å²) < 4.78 is 0. The van der Waals surface area contributed by atoms with E-state index in [4.69, 9.17) is 0 Å². The topological polar surface area (TPSA) is 6.48 Å². The van der Waals surface area contributed by atoms with Crippen LogP contribution in [0, 0.1) is 0 Å². The number of anilines is 6. The highest BCUT2D eigenvalue weighted by Crippen LogP contribution is 2.67. The molecule has 0 spiro atoms. The van der Waals surface area contributed by atoms with E-state index in [1.54, 1.807) is 0 Å². The minimum Gasteiger partial charge on any atom is -0.310 e. The van der Waals surface area contributed by atoms with Crippen LogP contribution in [0.15, 0.2) is 146 Å². The van der Waals surface area contributed by atoms with Gasteiger partial charge < -0.3 is 9.80 Å². The van der Waals surface area contributed by atoms with Gasteiger partial charge >= 0.3 is 0 Å². The smallest absolute Gasteiger partial charge is 0.0545 e. The summed E-state index contributed by atoms with van der Waals surface area (Å²) in [6, 6.07) is 54.3. The summed E-state index contributed by atoms with van der Waals surface area (Å²) in [6.45, 7) is 14.6. The molecule has 0 N–H and O–H groups in total. The molecule has 0 saturated carbocycles. The third-order valence-corrected chi connectivity index (χ3v) is 12.3. The lowest BCUT2D eigenvalue weighted by atomic mass is 9.60. The molecular formula is C49H42N2. The van der Waals surface area contributed by atoms with Gasteiger partial charge in [0.1, 0.15) is 0 Å². The Kier molecular flexibility index (Phi) is 6.07. The first-order valence-corrected chi connectivity index (χ1v) is 18.3. The molecule has 0 aromatic heterocycles. The Morgan fingerprint density at radius 1 is 0.353 bits per heavy atom. The number of hydrogen-bond donors (Lipinski definition) is 0. The van der Waals surface area contributed by atoms with E-state index in [0.717, 1.165) is 11.4 Å². The lowest BCUT2D eigenvalue weighted by molar-refractivity contribution is 0.567. The highest BCUT2D eigenvalue weighted by atomic mass is 15.2. The van der Waals surface area contributed by atoms with Crippen molar-refractivity contribution in [1.82, 2.24) is 0 Å². The zero-order chi connectivity index (χ0) is 34.9. The van der Waals surface area contributed by atoms with Crippen LogP contribution in [0.5, 0.6) is 0 Å². The molecule has 3 aliphatic rings. The first-order chi connectivity index (χ1) is 24.6. The molecule has 2 heteroatoms. The minimum atomic E-state index is -0.275. The van der Waals surface area contributed by atoms with Gasteiger partial charge in [-0.2, -0.15) is 0 Å². The standard InChI is InChI=1S/C49H42N2/c1-47(2)38-22-15-23-39-44(38)51-45-40(47)27-34(33-25-24-31-16-13-14-17-32(31)26-33)28-41(45)49(5,6)43-30-37(29-42(46(43)51)48(39,3)4)50(35-18-9-7-10-19-35)36-20-11-8-12-21-36/h7-30H,1-6H3. The lowest BCUT2D eigenvalue weighted by Gasteiger charge is -2.55. The third kappa shape index (κ3) is 4.05. The molecular weight excluding hydrogens is 617 g/mol. The number of para-hydroxylation sites is 3. The van der Waals surface area contributed by atoms with E-state index in [1.165, 1.54) is 78.0 Å². The normalized spacial score (nSPS) is 16.5. The van der Waals surface area contributed by atoms with Crippen LogP contribution in [-0.4, -0.2) is 0 Å². The van der Waals surface area contributed by atoms with E-state index < -0.39 is 0 Å². The van der Waals surface area contributed by atoms with Crippen molar-refractivity contribution in [1.29, 1.82) is 0 Å². The monoisotopic (exact) mass is 658 g/mol. The first-order valence-electron chi connectivity index (χ1n) is 18.3. The van der Waals surface area contributed by atoms with Gasteiger partial charge in [0.2, 0.25) is 0 Å². The summed E-state index contributed by atoms with van der Waals surface area (Å²) in [5, 5.41) is 2.55. The van der Waals surface area contributed by atoms with Crippen LogP contribution in [0.25, 0.3) is 21.9 Å². The Labute approximate surface area is 301 Å². The van der Waals surface area contributed by atoms with Crippen LogP contribution >= 0.6 is 0 Å². The molecule has 0 fully saturated rings. The minimum absolute atomic E-state index is 0.183. The Balaban J connectivity index is 1.30. The molecule has 0 radical (unpaired) electrons. The van der Waals surface area contributed by atoms with Crippen molar-refractivity contribution < 1.29 is 0 Å². The molecule has 0 aliphatic carbocycles. The second kappa shape index (κ2) is 10.2. The molecule has 7 aromatic rings. The zero-order valence-electron chi connectivity index (χ0n) is 30.3. The van der Waals surface area contributed by atoms with Gasteiger partial charge in [0.15, 0.2) is 0 Å². The van der Waals surface area contributed by atoms with E-state index >= 15 is 0 Å². The van der Waals surface area contributed by atoms with Gasteiger partial charge in [-0.1, -0.05) is 133 Å². The fourth-order valence-corrected chi connectivity index (χ4v) is 9.47. The zero-order valence-corrected chi connectivity index (χ0v) is 30.3. The van der Waals surface area contributed by atoms with Crippen molar-refractivity contribution in [3.05, 3.63) is 179 Å². The van der Waals surface area contributed by atoms with Gasteiger partial charge in [-0.15, -0.1) is 0 Å². The van der Waals surface area contributed by atoms with E-state index in [1.807, 2.05) is 0 Å². The Hall–Kier alpha value is -5.60. The summed E-state index contributed by atoms with van der Waals surface area (Å²) in [4.78, 5) is 5.10. The summed E-state index contributed by atoms with van der Waals surface area (Å²) in [7, 11) is 0. The third-order valence-electron chi connectivity index (χ3n) is 12.3. The molecule has 0 amide bonds. The average molecular weight is 659 g/mol. The van der Waals surface area contributed by atoms with Crippen LogP contribution in [0.2, 0.25) is 0 Å². The molecule has 10 rings (SSSR count). The first kappa shape index (κ1) is 30.2. The summed E-state index contributed by atoms with van der Waals surface area (Å²) in [5.41, 5.74) is 17.8. The van der Waals surface area contributed by atoms with Crippen LogP contribution < -0.4 is 9.80 Å². The molecule has 51 heavy (non-hydrogen) atoms. The van der Waals surface area contributed by atoms with Crippen LogP contribution in [0.1, 0.15) is 74.9 Å². The van der Waals surface area contributed by atoms with Crippen LogP contribution in [0.4, 0.5) is 34.1 Å². The molecule has 2 nitrogen and oxygen atoms in total. The maximum absolute atomic E-state index is 2.67. The largest absolute Gasteiger partial charge is 0.310 e. The van der Waals surface area contributed by atoms with Crippen LogP contribution in [0.3, 0.4) is 0 Å². The summed E-state index contributed by atoms with van der Waals surface area (Å²) in [6.07, 6.45) is 0. The Morgan fingerprint density at radius 3 is 1.35 bits per heavy atom. The molecule has 7 aromatic carbocycles. The van der Waals surface area contributed by atoms with Gasteiger partial charge in [-0.05, 0) is 110 Å². The van der Waals surface area contributed by atoms with Crippen molar-refractivity contribution in [2.24, 2.45) is 0 Å². The van der Waals surface area contributed by atoms with Crippen molar-refractivity contribution >= 4 is 44.9 Å². The molecule has 248 valence electrons. The molecule has 0 atom stereocenters. The number of nitrogens with zero attached hydrogens (tertiary/aromatic N) is 2. The van der Waals surface area contributed by atoms with Crippen molar-refractivity contribution in [3.63, 3.8) is 0 Å². The molecule has 0 unspecified atom stereocenters.